The molecule has 1 aromatic carbocycles. The summed E-state index contributed by atoms with van der Waals surface area (Å²) in [5.74, 6) is 0.368. The quantitative estimate of drug-likeness (QED) is 0.312. The molecule has 158 valence electrons. The average Bonchev–Trinajstić information content (AvgIpc) is 3.27. The fourth-order valence-corrected chi connectivity index (χ4v) is 5.71. The highest BCUT2D eigenvalue weighted by Gasteiger charge is 2.46. The van der Waals surface area contributed by atoms with Crippen molar-refractivity contribution in [2.75, 3.05) is 5.32 Å². The van der Waals surface area contributed by atoms with E-state index in [1.165, 1.54) is 18.1 Å². The van der Waals surface area contributed by atoms with Crippen LogP contribution in [-0.2, 0) is 11.3 Å². The molecule has 8 nitrogen and oxygen atoms in total. The van der Waals surface area contributed by atoms with Crippen LogP contribution in [0.25, 0.3) is 11.2 Å². The maximum absolute atomic E-state index is 12.1. The molecule has 0 spiro atoms. The van der Waals surface area contributed by atoms with Crippen molar-refractivity contribution in [3.05, 3.63) is 45.0 Å². The number of hydrogen-bond donors (Lipinski definition) is 3. The number of hydrogen-bond acceptors (Lipinski definition) is 8. The van der Waals surface area contributed by atoms with Crippen LogP contribution in [0.5, 0.6) is 0 Å². The van der Waals surface area contributed by atoms with E-state index in [9.17, 15) is 15.0 Å². The van der Waals surface area contributed by atoms with Crippen molar-refractivity contribution >= 4 is 68.7 Å². The highest BCUT2D eigenvalue weighted by atomic mass is 127. The molecule has 0 bridgehead atoms. The van der Waals surface area contributed by atoms with Gasteiger partial charge >= 0.3 is 0 Å². The SMILES string of the molecule is CCC(=O)[C@@H]1S[C@H](n2cnc3c(NCc4cccc(I)c4)nc(Cl)nc32)[C@@H](O)[C@H]1O. The predicted molar refractivity (Wildman–Crippen MR) is 125 cm³/mol. The lowest BCUT2D eigenvalue weighted by Crippen LogP contribution is -2.35. The number of carbonyl (C=O) groups is 1. The molecular weight excluding hydrogens is 541 g/mol. The fourth-order valence-electron chi connectivity index (χ4n) is 3.39. The number of carbonyl (C=O) groups excluding carboxylic acids is 1. The molecule has 1 saturated heterocycles. The van der Waals surface area contributed by atoms with E-state index < -0.39 is 22.8 Å². The molecule has 30 heavy (non-hydrogen) atoms. The van der Waals surface area contributed by atoms with Crippen LogP contribution in [0.15, 0.2) is 30.6 Å². The van der Waals surface area contributed by atoms with E-state index in [4.69, 9.17) is 11.6 Å². The van der Waals surface area contributed by atoms with E-state index in [0.29, 0.717) is 29.9 Å². The summed E-state index contributed by atoms with van der Waals surface area (Å²) >= 11 is 9.62. The first-order valence-corrected chi connectivity index (χ1v) is 11.7. The van der Waals surface area contributed by atoms with Crippen molar-refractivity contribution in [1.29, 1.82) is 0 Å². The van der Waals surface area contributed by atoms with E-state index in [-0.39, 0.29) is 11.1 Å². The fraction of sp³-hybridized carbons (Fsp3) is 0.368. The van der Waals surface area contributed by atoms with Crippen molar-refractivity contribution in [3.8, 4) is 0 Å². The number of thioether (sulfide) groups is 1. The van der Waals surface area contributed by atoms with Gasteiger partial charge in [0, 0.05) is 16.5 Å². The van der Waals surface area contributed by atoms with Gasteiger partial charge in [0.1, 0.15) is 23.4 Å². The maximum Gasteiger partial charge on any atom is 0.226 e. The van der Waals surface area contributed by atoms with Crippen LogP contribution in [-0.4, -0.2) is 53.0 Å². The van der Waals surface area contributed by atoms with Crippen molar-refractivity contribution in [2.24, 2.45) is 0 Å². The lowest BCUT2D eigenvalue weighted by molar-refractivity contribution is -0.121. The Morgan fingerprint density at radius 1 is 1.33 bits per heavy atom. The Hall–Kier alpha value is -1.47. The standard InChI is InChI=1S/C19H19ClIN5O3S/c1-2-11(27)15-13(28)14(29)18(30-15)26-8-23-12-16(24-19(20)25-17(12)26)22-7-9-4-3-5-10(21)6-9/h3-6,8,13-15,18,28-29H,2,7H2,1H3,(H,22,24,25)/t13-,14+,15+,18+/m1/s1. The number of anilines is 1. The lowest BCUT2D eigenvalue weighted by Gasteiger charge is -2.17. The molecule has 0 unspecified atom stereocenters. The zero-order chi connectivity index (χ0) is 21.4. The van der Waals surface area contributed by atoms with Gasteiger partial charge in [-0.05, 0) is 51.9 Å². The van der Waals surface area contributed by atoms with Crippen LogP contribution in [0.3, 0.4) is 0 Å². The third-order valence-electron chi connectivity index (χ3n) is 4.92. The van der Waals surface area contributed by atoms with Crippen molar-refractivity contribution in [1.82, 2.24) is 19.5 Å². The number of nitrogens with zero attached hydrogens (tertiary/aromatic N) is 4. The zero-order valence-corrected chi connectivity index (χ0v) is 19.6. The first-order chi connectivity index (χ1) is 14.4. The second-order valence-corrected chi connectivity index (χ2v) is 9.74. The number of fused-ring (bicyclic) bond motifs is 1. The summed E-state index contributed by atoms with van der Waals surface area (Å²) in [6.45, 7) is 2.26. The monoisotopic (exact) mass is 559 g/mol. The second-order valence-electron chi connectivity index (χ2n) is 6.90. The molecule has 0 aliphatic carbocycles. The van der Waals surface area contributed by atoms with E-state index in [1.807, 2.05) is 18.2 Å². The summed E-state index contributed by atoms with van der Waals surface area (Å²) in [5.41, 5.74) is 2.00. The van der Waals surface area contributed by atoms with E-state index in [1.54, 1.807) is 11.5 Å². The van der Waals surface area contributed by atoms with Gasteiger partial charge < -0.3 is 15.5 Å². The number of nitrogens with one attached hydrogen (secondary N) is 1. The summed E-state index contributed by atoms with van der Waals surface area (Å²) in [6.07, 6.45) is -0.470. The molecule has 11 heteroatoms. The highest BCUT2D eigenvalue weighted by Crippen LogP contribution is 2.44. The second kappa shape index (κ2) is 8.95. The van der Waals surface area contributed by atoms with Crippen LogP contribution >= 0.6 is 46.0 Å². The van der Waals surface area contributed by atoms with Crippen LogP contribution in [0.4, 0.5) is 5.82 Å². The maximum atomic E-state index is 12.1. The first kappa shape index (κ1) is 21.8. The molecule has 1 fully saturated rings. The number of aliphatic hydroxyl groups excluding tert-OH is 2. The third kappa shape index (κ3) is 4.15. The minimum Gasteiger partial charge on any atom is -0.389 e. The molecule has 2 aromatic heterocycles. The molecule has 3 heterocycles. The van der Waals surface area contributed by atoms with Gasteiger partial charge in [-0.1, -0.05) is 19.1 Å². The summed E-state index contributed by atoms with van der Waals surface area (Å²) < 4.78 is 2.77. The van der Waals surface area contributed by atoms with Gasteiger partial charge in [0.2, 0.25) is 5.28 Å². The van der Waals surface area contributed by atoms with Crippen LogP contribution < -0.4 is 5.32 Å². The topological polar surface area (TPSA) is 113 Å². The van der Waals surface area contributed by atoms with Crippen molar-refractivity contribution in [2.45, 2.75) is 42.7 Å². The third-order valence-corrected chi connectivity index (χ3v) is 7.38. The van der Waals surface area contributed by atoms with Crippen molar-refractivity contribution < 1.29 is 15.0 Å². The molecule has 1 aliphatic rings. The molecule has 4 rings (SSSR count). The molecule has 0 saturated carbocycles. The normalized spacial score (nSPS) is 23.8. The summed E-state index contributed by atoms with van der Waals surface area (Å²) in [7, 11) is 0. The number of benzene rings is 1. The number of Topliss-reactive ketones (excluding diaryl/α,β-unsaturated/α-hetero) is 1. The van der Waals surface area contributed by atoms with Gasteiger partial charge in [0.25, 0.3) is 0 Å². The Bertz CT molecular complexity index is 1100. The molecule has 3 aromatic rings. The van der Waals surface area contributed by atoms with Crippen molar-refractivity contribution in [3.63, 3.8) is 0 Å². The largest absolute Gasteiger partial charge is 0.389 e. The van der Waals surface area contributed by atoms with Gasteiger partial charge in [-0.2, -0.15) is 9.97 Å². The van der Waals surface area contributed by atoms with Gasteiger partial charge in [-0.15, -0.1) is 11.8 Å². The van der Waals surface area contributed by atoms with E-state index >= 15 is 0 Å². The van der Waals surface area contributed by atoms with E-state index in [2.05, 4.69) is 48.9 Å². The Labute approximate surface area is 195 Å². The Kier molecular flexibility index (Phi) is 6.49. The average molecular weight is 560 g/mol. The minimum atomic E-state index is -1.15. The number of halogens is 2. The van der Waals surface area contributed by atoms with E-state index in [0.717, 1.165) is 9.13 Å². The van der Waals surface area contributed by atoms with Crippen LogP contribution in [0, 0.1) is 3.57 Å². The molecule has 1 aliphatic heterocycles. The summed E-state index contributed by atoms with van der Waals surface area (Å²) in [5, 5.41) is 22.9. The Morgan fingerprint density at radius 3 is 2.87 bits per heavy atom. The van der Waals surface area contributed by atoms with Crippen LogP contribution in [0.1, 0.15) is 24.3 Å². The zero-order valence-electron chi connectivity index (χ0n) is 15.9. The number of aromatic nitrogens is 4. The predicted octanol–water partition coefficient (Wildman–Crippen LogP) is 3.01. The van der Waals surface area contributed by atoms with Gasteiger partial charge in [0.15, 0.2) is 17.0 Å². The van der Waals surface area contributed by atoms with Gasteiger partial charge in [-0.3, -0.25) is 9.36 Å². The smallest absolute Gasteiger partial charge is 0.226 e. The molecule has 3 N–H and O–H groups in total. The minimum absolute atomic E-state index is 0.0358. The number of imidazole rings is 1. The number of aliphatic hydroxyl groups is 2. The number of rotatable bonds is 6. The molecule has 0 radical (unpaired) electrons. The molecule has 0 amide bonds. The Balaban J connectivity index is 1.64. The summed E-state index contributed by atoms with van der Waals surface area (Å²) in [6, 6.07) is 8.06. The lowest BCUT2D eigenvalue weighted by atomic mass is 10.1. The van der Waals surface area contributed by atoms with Crippen LogP contribution in [0.2, 0.25) is 5.28 Å². The summed E-state index contributed by atoms with van der Waals surface area (Å²) in [4.78, 5) is 25.1. The van der Waals surface area contributed by atoms with Gasteiger partial charge in [-0.25, -0.2) is 4.98 Å². The molecule has 4 atom stereocenters. The highest BCUT2D eigenvalue weighted by molar-refractivity contribution is 14.1. The molecular formula is C19H19ClIN5O3S. The number of ketones is 1. The Morgan fingerprint density at radius 2 is 2.13 bits per heavy atom. The van der Waals surface area contributed by atoms with Gasteiger partial charge in [0.05, 0.1) is 11.6 Å². The first-order valence-electron chi connectivity index (χ1n) is 9.31.